The van der Waals surface area contributed by atoms with E-state index in [1.54, 1.807) is 13.4 Å². The molecule has 2 heterocycles. The van der Waals surface area contributed by atoms with E-state index in [2.05, 4.69) is 36.8 Å². The van der Waals surface area contributed by atoms with Crippen LogP contribution >= 0.6 is 24.0 Å². The van der Waals surface area contributed by atoms with Gasteiger partial charge in [-0.3, -0.25) is 4.99 Å². The highest BCUT2D eigenvalue weighted by molar-refractivity contribution is 14.0. The quantitative estimate of drug-likeness (QED) is 0.226. The lowest BCUT2D eigenvalue weighted by Crippen LogP contribution is -2.53. The number of methoxy groups -OCH3 is 1. The molecule has 0 unspecified atom stereocenters. The molecule has 0 bridgehead atoms. The molecule has 0 amide bonds. The first-order valence-corrected chi connectivity index (χ1v) is 10.6. The molecule has 1 fully saturated rings. The van der Waals surface area contributed by atoms with Crippen LogP contribution in [0.4, 0.5) is 10.1 Å². The topological polar surface area (TPSA) is 70.8 Å². The molecule has 1 N–H and O–H groups in total. The van der Waals surface area contributed by atoms with E-state index in [-0.39, 0.29) is 29.8 Å². The molecule has 1 aliphatic rings. The number of aliphatic imine (C=N–C) groups is 1. The molecular formula is C21H33FIN7O. The predicted molar refractivity (Wildman–Crippen MR) is 132 cm³/mol. The molecule has 0 saturated carbocycles. The second kappa shape index (κ2) is 13.5. The summed E-state index contributed by atoms with van der Waals surface area (Å²) in [6, 6.07) is 6.71. The summed E-state index contributed by atoms with van der Waals surface area (Å²) in [5, 5.41) is 11.6. The molecule has 0 atom stereocenters. The number of aryl methyl sites for hydroxylation is 1. The van der Waals surface area contributed by atoms with Crippen molar-refractivity contribution in [2.45, 2.75) is 26.3 Å². The normalized spacial score (nSPS) is 14.5. The lowest BCUT2D eigenvalue weighted by atomic mass is 10.2. The van der Waals surface area contributed by atoms with Crippen molar-refractivity contribution in [2.24, 2.45) is 4.99 Å². The van der Waals surface area contributed by atoms with Gasteiger partial charge in [-0.05, 0) is 30.7 Å². The molecule has 172 valence electrons. The van der Waals surface area contributed by atoms with Crippen LogP contribution in [-0.2, 0) is 17.7 Å². The third kappa shape index (κ3) is 7.60. The maximum absolute atomic E-state index is 13.2. The van der Waals surface area contributed by atoms with Gasteiger partial charge in [0, 0.05) is 71.6 Å². The molecule has 3 rings (SSSR count). The zero-order valence-electron chi connectivity index (χ0n) is 18.3. The van der Waals surface area contributed by atoms with E-state index in [1.807, 2.05) is 12.1 Å². The van der Waals surface area contributed by atoms with E-state index >= 15 is 0 Å². The van der Waals surface area contributed by atoms with Gasteiger partial charge in [0.05, 0.1) is 0 Å². The standard InChI is InChI=1S/C21H32FN7O.HI/c1-3-20-26-25-17-29(20)11-10-24-21(23-9-4-16-30-2)28-14-12-27(13-15-28)19-7-5-18(22)6-8-19;/h5-8,17H,3-4,9-16H2,1-2H3,(H,23,24);1H. The zero-order chi connectivity index (χ0) is 21.2. The van der Waals surface area contributed by atoms with Crippen LogP contribution in [-0.4, -0.2) is 78.6 Å². The minimum absolute atomic E-state index is 0. The third-order valence-electron chi connectivity index (χ3n) is 5.19. The minimum atomic E-state index is -0.202. The maximum Gasteiger partial charge on any atom is 0.194 e. The second-order valence-electron chi connectivity index (χ2n) is 7.22. The van der Waals surface area contributed by atoms with Crippen molar-refractivity contribution in [1.82, 2.24) is 25.0 Å². The van der Waals surface area contributed by atoms with Crippen molar-refractivity contribution >= 4 is 35.6 Å². The molecule has 31 heavy (non-hydrogen) atoms. The predicted octanol–water partition coefficient (Wildman–Crippen LogP) is 2.40. The molecule has 0 radical (unpaired) electrons. The number of ether oxygens (including phenoxy) is 1. The fourth-order valence-electron chi connectivity index (χ4n) is 3.52. The van der Waals surface area contributed by atoms with Crippen molar-refractivity contribution in [3.8, 4) is 0 Å². The second-order valence-corrected chi connectivity index (χ2v) is 7.22. The summed E-state index contributed by atoms with van der Waals surface area (Å²) in [7, 11) is 1.71. The number of rotatable bonds is 9. The molecule has 1 aromatic carbocycles. The molecule has 1 aromatic heterocycles. The molecule has 0 spiro atoms. The SMILES string of the molecule is CCc1nncn1CCNC(=NCCCOC)N1CCN(c2ccc(F)cc2)CC1.I. The van der Waals surface area contributed by atoms with Crippen molar-refractivity contribution < 1.29 is 9.13 Å². The first kappa shape index (κ1) is 25.3. The summed E-state index contributed by atoms with van der Waals surface area (Å²) >= 11 is 0. The van der Waals surface area contributed by atoms with Gasteiger partial charge in [-0.1, -0.05) is 6.92 Å². The summed E-state index contributed by atoms with van der Waals surface area (Å²) in [4.78, 5) is 9.37. The average molecular weight is 545 g/mol. The van der Waals surface area contributed by atoms with E-state index < -0.39 is 0 Å². The highest BCUT2D eigenvalue weighted by Gasteiger charge is 2.20. The lowest BCUT2D eigenvalue weighted by Gasteiger charge is -2.37. The van der Waals surface area contributed by atoms with Crippen LogP contribution < -0.4 is 10.2 Å². The fourth-order valence-corrected chi connectivity index (χ4v) is 3.52. The Hall–Kier alpha value is -1.95. The van der Waals surface area contributed by atoms with Gasteiger partial charge in [0.15, 0.2) is 5.96 Å². The van der Waals surface area contributed by atoms with Crippen LogP contribution in [0.1, 0.15) is 19.2 Å². The van der Waals surface area contributed by atoms with Crippen LogP contribution in [0, 0.1) is 5.82 Å². The number of aromatic nitrogens is 3. The fraction of sp³-hybridized carbons (Fsp3) is 0.571. The Balaban J connectivity index is 0.00000341. The Morgan fingerprint density at radius 3 is 2.61 bits per heavy atom. The number of hydrogen-bond donors (Lipinski definition) is 1. The Morgan fingerprint density at radius 2 is 1.94 bits per heavy atom. The summed E-state index contributed by atoms with van der Waals surface area (Å²) < 4.78 is 20.4. The van der Waals surface area contributed by atoms with Crippen molar-refractivity contribution in [3.05, 3.63) is 42.2 Å². The van der Waals surface area contributed by atoms with Crippen molar-refractivity contribution in [2.75, 3.05) is 57.9 Å². The minimum Gasteiger partial charge on any atom is -0.385 e. The molecular weight excluding hydrogens is 512 g/mol. The number of piperazine rings is 1. The number of benzene rings is 1. The summed E-state index contributed by atoms with van der Waals surface area (Å²) in [5.74, 6) is 1.71. The first-order valence-electron chi connectivity index (χ1n) is 10.6. The molecule has 8 nitrogen and oxygen atoms in total. The molecule has 2 aromatic rings. The highest BCUT2D eigenvalue weighted by atomic mass is 127. The molecule has 1 saturated heterocycles. The largest absolute Gasteiger partial charge is 0.385 e. The van der Waals surface area contributed by atoms with Gasteiger partial charge in [0.2, 0.25) is 0 Å². The maximum atomic E-state index is 13.2. The number of nitrogens with zero attached hydrogens (tertiary/aromatic N) is 6. The van der Waals surface area contributed by atoms with Crippen LogP contribution in [0.25, 0.3) is 0 Å². The van der Waals surface area contributed by atoms with E-state index in [9.17, 15) is 4.39 Å². The summed E-state index contributed by atoms with van der Waals surface area (Å²) in [5.41, 5.74) is 1.06. The van der Waals surface area contributed by atoms with Gasteiger partial charge < -0.3 is 24.4 Å². The number of halogens is 2. The Morgan fingerprint density at radius 1 is 1.19 bits per heavy atom. The number of nitrogens with one attached hydrogen (secondary N) is 1. The van der Waals surface area contributed by atoms with Gasteiger partial charge in [-0.2, -0.15) is 0 Å². The van der Waals surface area contributed by atoms with Gasteiger partial charge in [0.1, 0.15) is 18.0 Å². The van der Waals surface area contributed by atoms with Crippen LogP contribution in [0.3, 0.4) is 0 Å². The number of anilines is 1. The van der Waals surface area contributed by atoms with Gasteiger partial charge in [0.25, 0.3) is 0 Å². The van der Waals surface area contributed by atoms with Gasteiger partial charge in [-0.25, -0.2) is 4.39 Å². The Kier molecular flexibility index (Phi) is 11.0. The van der Waals surface area contributed by atoms with Crippen molar-refractivity contribution in [1.29, 1.82) is 0 Å². The molecule has 1 aliphatic heterocycles. The van der Waals surface area contributed by atoms with E-state index in [0.717, 1.165) is 76.1 Å². The molecule has 10 heteroatoms. The Labute approximate surface area is 200 Å². The number of hydrogen-bond acceptors (Lipinski definition) is 5. The third-order valence-corrected chi connectivity index (χ3v) is 5.19. The lowest BCUT2D eigenvalue weighted by molar-refractivity contribution is 0.197. The van der Waals surface area contributed by atoms with Crippen LogP contribution in [0.2, 0.25) is 0 Å². The first-order chi connectivity index (χ1) is 14.7. The average Bonchev–Trinajstić information content (AvgIpc) is 3.24. The van der Waals surface area contributed by atoms with Gasteiger partial charge in [-0.15, -0.1) is 34.2 Å². The van der Waals surface area contributed by atoms with E-state index in [0.29, 0.717) is 6.61 Å². The van der Waals surface area contributed by atoms with E-state index in [4.69, 9.17) is 9.73 Å². The summed E-state index contributed by atoms with van der Waals surface area (Å²) in [6.45, 7) is 8.52. The highest BCUT2D eigenvalue weighted by Crippen LogP contribution is 2.17. The summed E-state index contributed by atoms with van der Waals surface area (Å²) in [6.07, 6.45) is 3.53. The Bertz CT molecular complexity index is 791. The van der Waals surface area contributed by atoms with E-state index in [1.165, 1.54) is 12.1 Å². The van der Waals surface area contributed by atoms with Crippen LogP contribution in [0.15, 0.2) is 35.6 Å². The monoisotopic (exact) mass is 545 g/mol. The van der Waals surface area contributed by atoms with Gasteiger partial charge >= 0.3 is 0 Å². The zero-order valence-corrected chi connectivity index (χ0v) is 20.7. The smallest absolute Gasteiger partial charge is 0.194 e. The van der Waals surface area contributed by atoms with Crippen LogP contribution in [0.5, 0.6) is 0 Å². The number of guanidine groups is 1. The van der Waals surface area contributed by atoms with Crippen molar-refractivity contribution in [3.63, 3.8) is 0 Å². The molecule has 0 aliphatic carbocycles.